The Kier molecular flexibility index (Phi) is 6.62. The number of halogens is 2. The van der Waals surface area contributed by atoms with Crippen LogP contribution in [0.1, 0.15) is 31.3 Å². The fourth-order valence-electron chi connectivity index (χ4n) is 2.58. The van der Waals surface area contributed by atoms with Crippen LogP contribution in [0.4, 0.5) is 0 Å². The summed E-state index contributed by atoms with van der Waals surface area (Å²) in [5, 5.41) is 10.3. The predicted molar refractivity (Wildman–Crippen MR) is 110 cm³/mol. The molecule has 0 fully saturated rings. The summed E-state index contributed by atoms with van der Waals surface area (Å²) in [6.07, 6.45) is -0.221. The molecule has 26 heavy (non-hydrogen) atoms. The summed E-state index contributed by atoms with van der Waals surface area (Å²) in [4.78, 5) is 0. The third-order valence-electron chi connectivity index (χ3n) is 3.79. The first-order valence-corrected chi connectivity index (χ1v) is 10.4. The van der Waals surface area contributed by atoms with Crippen molar-refractivity contribution < 1.29 is 4.74 Å². The number of thioether (sulfide) groups is 1. The maximum absolute atomic E-state index is 6.03. The van der Waals surface area contributed by atoms with Crippen molar-refractivity contribution in [2.45, 2.75) is 37.4 Å². The van der Waals surface area contributed by atoms with E-state index in [1.807, 2.05) is 37.3 Å². The summed E-state index contributed by atoms with van der Waals surface area (Å²) in [5.74, 6) is 2.37. The minimum absolute atomic E-state index is 0.221. The molecular weight excluding hydrogens is 434 g/mol. The summed E-state index contributed by atoms with van der Waals surface area (Å²) in [6.45, 7) is 4.84. The van der Waals surface area contributed by atoms with Gasteiger partial charge in [-0.15, -0.1) is 10.2 Å². The topological polar surface area (TPSA) is 39.9 Å². The van der Waals surface area contributed by atoms with Gasteiger partial charge in [0, 0.05) is 21.8 Å². The first kappa shape index (κ1) is 19.3. The van der Waals surface area contributed by atoms with Crippen LogP contribution in [-0.4, -0.2) is 14.8 Å². The molecule has 0 saturated heterocycles. The molecule has 3 aromatic rings. The lowest BCUT2D eigenvalue weighted by atomic mass is 10.2. The molecule has 0 saturated carbocycles. The summed E-state index contributed by atoms with van der Waals surface area (Å²) in [6, 6.07) is 15.7. The molecule has 0 aliphatic rings. The Morgan fingerprint density at radius 3 is 2.73 bits per heavy atom. The number of aromatic nitrogens is 3. The van der Waals surface area contributed by atoms with Crippen molar-refractivity contribution in [3.8, 4) is 5.75 Å². The molecule has 2 aromatic carbocycles. The van der Waals surface area contributed by atoms with Gasteiger partial charge < -0.3 is 9.30 Å². The highest BCUT2D eigenvalue weighted by atomic mass is 79.9. The standard InChI is InChI=1S/C19H19BrClN3OS/c1-3-24-18(13(2)25-17-9-5-8-16(21)11-17)22-23-19(24)26-12-14-6-4-7-15(20)10-14/h4-11,13H,3,12H2,1-2H3. The van der Waals surface area contributed by atoms with Crippen LogP contribution >= 0.6 is 39.3 Å². The fourth-order valence-corrected chi connectivity index (χ4v) is 4.16. The van der Waals surface area contributed by atoms with Crippen LogP contribution in [0.25, 0.3) is 0 Å². The van der Waals surface area contributed by atoms with E-state index in [9.17, 15) is 0 Å². The van der Waals surface area contributed by atoms with E-state index < -0.39 is 0 Å². The minimum Gasteiger partial charge on any atom is -0.483 e. The average Bonchev–Trinajstić information content (AvgIpc) is 3.03. The van der Waals surface area contributed by atoms with Gasteiger partial charge in [0.05, 0.1) is 0 Å². The van der Waals surface area contributed by atoms with E-state index >= 15 is 0 Å². The molecule has 7 heteroatoms. The molecule has 1 unspecified atom stereocenters. The highest BCUT2D eigenvalue weighted by molar-refractivity contribution is 9.10. The third-order valence-corrected chi connectivity index (χ3v) is 5.56. The number of ether oxygens (including phenoxy) is 1. The van der Waals surface area contributed by atoms with Crippen molar-refractivity contribution >= 4 is 39.3 Å². The SMILES string of the molecule is CCn1c(SCc2cccc(Br)c2)nnc1C(C)Oc1cccc(Cl)c1. The smallest absolute Gasteiger partial charge is 0.191 e. The molecule has 0 spiro atoms. The zero-order valence-corrected chi connectivity index (χ0v) is 17.7. The number of nitrogens with zero attached hydrogens (tertiary/aromatic N) is 3. The van der Waals surface area contributed by atoms with Gasteiger partial charge in [0.15, 0.2) is 17.1 Å². The number of rotatable bonds is 7. The zero-order valence-electron chi connectivity index (χ0n) is 14.5. The van der Waals surface area contributed by atoms with Gasteiger partial charge in [-0.3, -0.25) is 0 Å². The van der Waals surface area contributed by atoms with Crippen LogP contribution in [-0.2, 0) is 12.3 Å². The zero-order chi connectivity index (χ0) is 18.5. The van der Waals surface area contributed by atoms with E-state index in [2.05, 4.69) is 49.8 Å². The molecule has 1 atom stereocenters. The molecule has 0 amide bonds. The van der Waals surface area contributed by atoms with Crippen LogP contribution < -0.4 is 4.74 Å². The van der Waals surface area contributed by atoms with E-state index in [-0.39, 0.29) is 6.10 Å². The number of hydrogen-bond acceptors (Lipinski definition) is 4. The first-order valence-electron chi connectivity index (χ1n) is 8.29. The van der Waals surface area contributed by atoms with Crippen molar-refractivity contribution in [3.63, 3.8) is 0 Å². The van der Waals surface area contributed by atoms with Crippen molar-refractivity contribution in [1.82, 2.24) is 14.8 Å². The Morgan fingerprint density at radius 2 is 2.00 bits per heavy atom. The molecular formula is C19H19BrClN3OS. The summed E-state index contributed by atoms with van der Waals surface area (Å²) in [7, 11) is 0. The van der Waals surface area contributed by atoms with E-state index in [0.29, 0.717) is 5.02 Å². The van der Waals surface area contributed by atoms with E-state index in [4.69, 9.17) is 16.3 Å². The van der Waals surface area contributed by atoms with Gasteiger partial charge in [-0.2, -0.15) is 0 Å². The summed E-state index contributed by atoms with van der Waals surface area (Å²) < 4.78 is 9.17. The molecule has 0 aliphatic carbocycles. The van der Waals surface area contributed by atoms with E-state index in [0.717, 1.165) is 33.5 Å². The Labute approximate surface area is 171 Å². The van der Waals surface area contributed by atoms with Gasteiger partial charge in [0.2, 0.25) is 0 Å². The minimum atomic E-state index is -0.221. The predicted octanol–water partition coefficient (Wildman–Crippen LogP) is 6.15. The Hall–Kier alpha value is -1.50. The van der Waals surface area contributed by atoms with E-state index in [1.165, 1.54) is 5.56 Å². The van der Waals surface area contributed by atoms with Crippen LogP contribution in [0.5, 0.6) is 5.75 Å². The van der Waals surface area contributed by atoms with E-state index in [1.54, 1.807) is 17.8 Å². The van der Waals surface area contributed by atoms with Gasteiger partial charge >= 0.3 is 0 Å². The lowest BCUT2D eigenvalue weighted by Gasteiger charge is -2.15. The van der Waals surface area contributed by atoms with Crippen LogP contribution in [0.3, 0.4) is 0 Å². The second-order valence-electron chi connectivity index (χ2n) is 5.72. The van der Waals surface area contributed by atoms with Crippen molar-refractivity contribution in [3.05, 3.63) is 69.4 Å². The Balaban J connectivity index is 1.72. The molecule has 1 heterocycles. The third kappa shape index (κ3) is 4.81. The van der Waals surface area contributed by atoms with Crippen LogP contribution in [0, 0.1) is 0 Å². The molecule has 0 bridgehead atoms. The molecule has 136 valence electrons. The van der Waals surface area contributed by atoms with Crippen LogP contribution in [0.15, 0.2) is 58.2 Å². The molecule has 4 nitrogen and oxygen atoms in total. The normalized spacial score (nSPS) is 12.2. The van der Waals surface area contributed by atoms with Gasteiger partial charge in [0.1, 0.15) is 5.75 Å². The maximum Gasteiger partial charge on any atom is 0.191 e. The largest absolute Gasteiger partial charge is 0.483 e. The van der Waals surface area contributed by atoms with Crippen LogP contribution in [0.2, 0.25) is 5.02 Å². The van der Waals surface area contributed by atoms with Gasteiger partial charge in [-0.05, 0) is 49.7 Å². The van der Waals surface area contributed by atoms with Crippen molar-refractivity contribution in [2.24, 2.45) is 0 Å². The highest BCUT2D eigenvalue weighted by Crippen LogP contribution is 2.28. The Bertz CT molecular complexity index is 887. The second kappa shape index (κ2) is 8.93. The van der Waals surface area contributed by atoms with Gasteiger partial charge in [-0.1, -0.05) is 57.5 Å². The quantitative estimate of drug-likeness (QED) is 0.403. The maximum atomic E-state index is 6.03. The van der Waals surface area contributed by atoms with Gasteiger partial charge in [0.25, 0.3) is 0 Å². The highest BCUT2D eigenvalue weighted by Gasteiger charge is 2.19. The molecule has 0 N–H and O–H groups in total. The summed E-state index contributed by atoms with van der Waals surface area (Å²) in [5.41, 5.74) is 1.24. The average molecular weight is 453 g/mol. The number of benzene rings is 2. The molecule has 0 aliphatic heterocycles. The molecule has 1 aromatic heterocycles. The molecule has 0 radical (unpaired) electrons. The fraction of sp³-hybridized carbons (Fsp3) is 0.263. The lowest BCUT2D eigenvalue weighted by molar-refractivity contribution is 0.210. The summed E-state index contributed by atoms with van der Waals surface area (Å²) >= 11 is 11.2. The lowest BCUT2D eigenvalue weighted by Crippen LogP contribution is -2.12. The second-order valence-corrected chi connectivity index (χ2v) is 8.02. The molecule has 3 rings (SSSR count). The number of hydrogen-bond donors (Lipinski definition) is 0. The van der Waals surface area contributed by atoms with Gasteiger partial charge in [-0.25, -0.2) is 0 Å². The van der Waals surface area contributed by atoms with Crippen molar-refractivity contribution in [2.75, 3.05) is 0 Å². The van der Waals surface area contributed by atoms with Crippen molar-refractivity contribution in [1.29, 1.82) is 0 Å². The monoisotopic (exact) mass is 451 g/mol. The first-order chi connectivity index (χ1) is 12.6. The Morgan fingerprint density at radius 1 is 1.19 bits per heavy atom.